The van der Waals surface area contributed by atoms with Crippen LogP contribution < -0.4 is 10.6 Å². The molecular weight excluding hydrogens is 226 g/mol. The Morgan fingerprint density at radius 2 is 2.53 bits per heavy atom. The van der Waals surface area contributed by atoms with Crippen molar-refractivity contribution in [3.8, 4) is 0 Å². The zero-order chi connectivity index (χ0) is 12.4. The fourth-order valence-corrected chi connectivity index (χ4v) is 1.97. The standard InChI is InChI=1S/C9H15N5O3/c1-12-9(8(5-11-12)14(15)16)13-2-3-17-7(4-10)6-13/h5,7H,2-4,6,10H2,1H3. The molecule has 0 radical (unpaired) electrons. The number of nitrogens with two attached hydrogens (primary N) is 1. The second kappa shape index (κ2) is 4.68. The lowest BCUT2D eigenvalue weighted by molar-refractivity contribution is -0.384. The molecule has 17 heavy (non-hydrogen) atoms. The summed E-state index contributed by atoms with van der Waals surface area (Å²) in [6.07, 6.45) is 1.18. The number of anilines is 1. The molecule has 1 fully saturated rings. The average molecular weight is 241 g/mol. The third-order valence-corrected chi connectivity index (χ3v) is 2.79. The number of ether oxygens (including phenoxy) is 1. The Kier molecular flexibility index (Phi) is 3.25. The molecule has 1 aliphatic rings. The minimum Gasteiger partial charge on any atom is -0.373 e. The molecule has 1 aromatic heterocycles. The van der Waals surface area contributed by atoms with Crippen molar-refractivity contribution in [2.24, 2.45) is 12.8 Å². The van der Waals surface area contributed by atoms with Crippen LogP contribution in [-0.4, -0.2) is 47.0 Å². The number of morpholine rings is 1. The van der Waals surface area contributed by atoms with E-state index in [1.807, 2.05) is 4.90 Å². The number of aryl methyl sites for hydroxylation is 1. The summed E-state index contributed by atoms with van der Waals surface area (Å²) >= 11 is 0. The Balaban J connectivity index is 2.26. The zero-order valence-electron chi connectivity index (χ0n) is 9.57. The van der Waals surface area contributed by atoms with Gasteiger partial charge in [0.05, 0.1) is 17.6 Å². The monoisotopic (exact) mass is 241 g/mol. The number of nitro groups is 1. The van der Waals surface area contributed by atoms with E-state index in [1.165, 1.54) is 10.9 Å². The van der Waals surface area contributed by atoms with Gasteiger partial charge in [-0.05, 0) is 0 Å². The van der Waals surface area contributed by atoms with E-state index < -0.39 is 4.92 Å². The molecule has 1 saturated heterocycles. The lowest BCUT2D eigenvalue weighted by Gasteiger charge is -2.33. The molecule has 0 spiro atoms. The summed E-state index contributed by atoms with van der Waals surface area (Å²) in [6.45, 7) is 2.08. The molecule has 1 unspecified atom stereocenters. The highest BCUT2D eigenvalue weighted by molar-refractivity contribution is 5.57. The van der Waals surface area contributed by atoms with Crippen LogP contribution in [0, 0.1) is 10.1 Å². The van der Waals surface area contributed by atoms with E-state index in [0.717, 1.165) is 0 Å². The van der Waals surface area contributed by atoms with Crippen LogP contribution in [0.1, 0.15) is 0 Å². The SMILES string of the molecule is Cn1ncc([N+](=O)[O-])c1N1CCOC(CN)C1. The van der Waals surface area contributed by atoms with E-state index in [9.17, 15) is 10.1 Å². The highest BCUT2D eigenvalue weighted by atomic mass is 16.6. The average Bonchev–Trinajstić information content (AvgIpc) is 2.71. The van der Waals surface area contributed by atoms with Gasteiger partial charge in [-0.15, -0.1) is 0 Å². The number of rotatable bonds is 3. The summed E-state index contributed by atoms with van der Waals surface area (Å²) in [5, 5.41) is 14.8. The van der Waals surface area contributed by atoms with Gasteiger partial charge in [0, 0.05) is 26.7 Å². The molecule has 8 heteroatoms. The first-order valence-electron chi connectivity index (χ1n) is 5.36. The van der Waals surface area contributed by atoms with Crippen molar-refractivity contribution in [1.82, 2.24) is 9.78 Å². The van der Waals surface area contributed by atoms with Crippen LogP contribution in [0.25, 0.3) is 0 Å². The van der Waals surface area contributed by atoms with Gasteiger partial charge >= 0.3 is 5.69 Å². The van der Waals surface area contributed by atoms with Crippen molar-refractivity contribution in [2.75, 3.05) is 31.1 Å². The summed E-state index contributed by atoms with van der Waals surface area (Å²) in [4.78, 5) is 12.4. The molecule has 0 aromatic carbocycles. The van der Waals surface area contributed by atoms with E-state index in [-0.39, 0.29) is 11.8 Å². The summed E-state index contributed by atoms with van der Waals surface area (Å²) in [7, 11) is 1.69. The fraction of sp³-hybridized carbons (Fsp3) is 0.667. The molecule has 0 aliphatic carbocycles. The second-order valence-corrected chi connectivity index (χ2v) is 3.91. The normalized spacial score (nSPS) is 20.6. The van der Waals surface area contributed by atoms with E-state index in [4.69, 9.17) is 10.5 Å². The van der Waals surface area contributed by atoms with Crippen LogP contribution in [0.5, 0.6) is 0 Å². The molecule has 2 N–H and O–H groups in total. The van der Waals surface area contributed by atoms with Crippen LogP contribution in [-0.2, 0) is 11.8 Å². The van der Waals surface area contributed by atoms with Crippen molar-refractivity contribution >= 4 is 11.5 Å². The van der Waals surface area contributed by atoms with Crippen molar-refractivity contribution in [3.05, 3.63) is 16.3 Å². The zero-order valence-corrected chi connectivity index (χ0v) is 9.57. The summed E-state index contributed by atoms with van der Waals surface area (Å²) in [5.41, 5.74) is 5.57. The van der Waals surface area contributed by atoms with Gasteiger partial charge in [-0.1, -0.05) is 0 Å². The fourth-order valence-electron chi connectivity index (χ4n) is 1.97. The summed E-state index contributed by atoms with van der Waals surface area (Å²) in [6, 6.07) is 0. The van der Waals surface area contributed by atoms with E-state index in [1.54, 1.807) is 7.05 Å². The first-order chi connectivity index (χ1) is 8.13. The number of hydrogen-bond acceptors (Lipinski definition) is 6. The molecule has 8 nitrogen and oxygen atoms in total. The Morgan fingerprint density at radius 1 is 1.76 bits per heavy atom. The van der Waals surface area contributed by atoms with Gasteiger partial charge in [-0.2, -0.15) is 5.10 Å². The first kappa shape index (κ1) is 11.8. The highest BCUT2D eigenvalue weighted by Crippen LogP contribution is 2.28. The third-order valence-electron chi connectivity index (χ3n) is 2.79. The summed E-state index contributed by atoms with van der Waals surface area (Å²) < 4.78 is 6.94. The number of aromatic nitrogens is 2. The minimum absolute atomic E-state index is 0.0187. The number of hydrogen-bond donors (Lipinski definition) is 1. The Morgan fingerprint density at radius 3 is 3.18 bits per heavy atom. The van der Waals surface area contributed by atoms with E-state index in [0.29, 0.717) is 32.1 Å². The van der Waals surface area contributed by atoms with Gasteiger partial charge in [-0.25, -0.2) is 4.68 Å². The Hall–Kier alpha value is -1.67. The topological polar surface area (TPSA) is 99.4 Å². The molecule has 0 bridgehead atoms. The van der Waals surface area contributed by atoms with Gasteiger partial charge in [0.1, 0.15) is 6.20 Å². The molecule has 94 valence electrons. The Labute approximate surface area is 98.1 Å². The van der Waals surface area contributed by atoms with Gasteiger partial charge in [0.15, 0.2) is 0 Å². The van der Waals surface area contributed by atoms with Crippen molar-refractivity contribution in [2.45, 2.75) is 6.10 Å². The molecule has 0 amide bonds. The van der Waals surface area contributed by atoms with Gasteiger partial charge in [-0.3, -0.25) is 10.1 Å². The smallest absolute Gasteiger partial charge is 0.331 e. The molecule has 2 heterocycles. The van der Waals surface area contributed by atoms with Gasteiger partial charge in [0.2, 0.25) is 5.82 Å². The van der Waals surface area contributed by atoms with Crippen LogP contribution in [0.4, 0.5) is 11.5 Å². The molecule has 1 aliphatic heterocycles. The lowest BCUT2D eigenvalue weighted by Crippen LogP contribution is -2.46. The Bertz CT molecular complexity index is 419. The molecule has 0 saturated carbocycles. The maximum Gasteiger partial charge on any atom is 0.331 e. The second-order valence-electron chi connectivity index (χ2n) is 3.91. The molecule has 1 aromatic rings. The molecule has 1 atom stereocenters. The van der Waals surface area contributed by atoms with Crippen LogP contribution in [0.2, 0.25) is 0 Å². The van der Waals surface area contributed by atoms with E-state index in [2.05, 4.69) is 5.10 Å². The quantitative estimate of drug-likeness (QED) is 0.565. The number of nitrogens with zero attached hydrogens (tertiary/aromatic N) is 4. The van der Waals surface area contributed by atoms with Gasteiger partial charge in [0.25, 0.3) is 0 Å². The van der Waals surface area contributed by atoms with Crippen LogP contribution in [0.15, 0.2) is 6.20 Å². The maximum atomic E-state index is 10.9. The minimum atomic E-state index is -0.421. The predicted molar refractivity (Wildman–Crippen MR) is 60.9 cm³/mol. The van der Waals surface area contributed by atoms with Crippen LogP contribution in [0.3, 0.4) is 0 Å². The van der Waals surface area contributed by atoms with Crippen molar-refractivity contribution in [1.29, 1.82) is 0 Å². The largest absolute Gasteiger partial charge is 0.373 e. The maximum absolute atomic E-state index is 10.9. The van der Waals surface area contributed by atoms with Gasteiger partial charge < -0.3 is 15.4 Å². The highest BCUT2D eigenvalue weighted by Gasteiger charge is 2.28. The first-order valence-corrected chi connectivity index (χ1v) is 5.36. The van der Waals surface area contributed by atoms with Crippen LogP contribution >= 0.6 is 0 Å². The molecule has 2 rings (SSSR count). The predicted octanol–water partition coefficient (Wildman–Crippen LogP) is -0.508. The summed E-state index contributed by atoms with van der Waals surface area (Å²) in [5.74, 6) is 0.511. The van der Waals surface area contributed by atoms with E-state index >= 15 is 0 Å². The van der Waals surface area contributed by atoms with Crippen molar-refractivity contribution < 1.29 is 9.66 Å². The van der Waals surface area contributed by atoms with Crippen molar-refractivity contribution in [3.63, 3.8) is 0 Å². The lowest BCUT2D eigenvalue weighted by atomic mass is 10.2. The molecular formula is C9H15N5O3. The third kappa shape index (κ3) is 2.22.